The first-order chi connectivity index (χ1) is 10.6. The SMILES string of the molecule is CCOC1CC(NC(=O)c2c(C)noc2C)C12CCCCC2. The fourth-order valence-corrected chi connectivity index (χ4v) is 4.30. The van der Waals surface area contributed by atoms with E-state index >= 15 is 0 Å². The molecule has 2 aliphatic carbocycles. The number of carbonyl (C=O) groups excluding carboxylic acids is 1. The topological polar surface area (TPSA) is 64.4 Å². The van der Waals surface area contributed by atoms with E-state index in [0.29, 0.717) is 23.1 Å². The summed E-state index contributed by atoms with van der Waals surface area (Å²) in [6, 6.07) is 0.213. The third kappa shape index (κ3) is 2.45. The van der Waals surface area contributed by atoms with E-state index in [4.69, 9.17) is 9.26 Å². The van der Waals surface area contributed by atoms with Crippen LogP contribution < -0.4 is 5.32 Å². The van der Waals surface area contributed by atoms with Crippen LogP contribution in [0.3, 0.4) is 0 Å². The second kappa shape index (κ2) is 6.03. The highest BCUT2D eigenvalue weighted by Gasteiger charge is 2.56. The number of nitrogens with zero attached hydrogens (tertiary/aromatic N) is 1. The summed E-state index contributed by atoms with van der Waals surface area (Å²) in [7, 11) is 0. The van der Waals surface area contributed by atoms with Crippen LogP contribution in [-0.2, 0) is 4.74 Å². The lowest BCUT2D eigenvalue weighted by Gasteiger charge is -2.57. The number of hydrogen-bond acceptors (Lipinski definition) is 4. The molecule has 5 heteroatoms. The molecule has 1 aromatic rings. The Kier molecular flexibility index (Phi) is 4.26. The molecule has 2 aliphatic rings. The Labute approximate surface area is 131 Å². The monoisotopic (exact) mass is 306 g/mol. The van der Waals surface area contributed by atoms with Gasteiger partial charge in [0.1, 0.15) is 11.3 Å². The van der Waals surface area contributed by atoms with Gasteiger partial charge in [0.15, 0.2) is 0 Å². The maximum absolute atomic E-state index is 12.6. The number of rotatable bonds is 4. The van der Waals surface area contributed by atoms with Crippen LogP contribution in [0.25, 0.3) is 0 Å². The van der Waals surface area contributed by atoms with Crippen molar-refractivity contribution in [1.82, 2.24) is 10.5 Å². The molecule has 0 saturated heterocycles. The lowest BCUT2D eigenvalue weighted by molar-refractivity contribution is -0.146. The number of amides is 1. The van der Waals surface area contributed by atoms with E-state index in [1.165, 1.54) is 19.3 Å². The Morgan fingerprint density at radius 2 is 2.09 bits per heavy atom. The zero-order valence-electron chi connectivity index (χ0n) is 13.8. The number of aromatic nitrogens is 1. The van der Waals surface area contributed by atoms with Gasteiger partial charge in [0, 0.05) is 18.1 Å². The van der Waals surface area contributed by atoms with E-state index in [1.54, 1.807) is 6.92 Å². The summed E-state index contributed by atoms with van der Waals surface area (Å²) in [6.45, 7) is 6.39. The minimum atomic E-state index is -0.0545. The fourth-order valence-electron chi connectivity index (χ4n) is 4.30. The highest BCUT2D eigenvalue weighted by atomic mass is 16.5. The largest absolute Gasteiger partial charge is 0.378 e. The zero-order valence-corrected chi connectivity index (χ0v) is 13.8. The predicted molar refractivity (Wildman–Crippen MR) is 82.8 cm³/mol. The van der Waals surface area contributed by atoms with Crippen LogP contribution in [0.1, 0.15) is 67.3 Å². The van der Waals surface area contributed by atoms with Crippen molar-refractivity contribution < 1.29 is 14.1 Å². The molecule has 1 heterocycles. The Balaban J connectivity index is 1.73. The molecule has 1 spiro atoms. The molecule has 1 N–H and O–H groups in total. The molecule has 2 unspecified atom stereocenters. The molecule has 2 atom stereocenters. The molecule has 0 bridgehead atoms. The maximum Gasteiger partial charge on any atom is 0.257 e. The van der Waals surface area contributed by atoms with Gasteiger partial charge in [-0.2, -0.15) is 0 Å². The highest BCUT2D eigenvalue weighted by molar-refractivity contribution is 5.96. The number of hydrogen-bond donors (Lipinski definition) is 1. The summed E-state index contributed by atoms with van der Waals surface area (Å²) >= 11 is 0. The summed E-state index contributed by atoms with van der Waals surface area (Å²) in [6.07, 6.45) is 7.30. The van der Waals surface area contributed by atoms with Gasteiger partial charge in [0.05, 0.1) is 11.8 Å². The van der Waals surface area contributed by atoms with Crippen molar-refractivity contribution in [2.24, 2.45) is 5.41 Å². The molecule has 122 valence electrons. The standard InChI is InChI=1S/C17H26N2O3/c1-4-21-14-10-13(17(14)8-6-5-7-9-17)18-16(20)15-11(2)19-22-12(15)3/h13-14H,4-10H2,1-3H3,(H,18,20). The second-order valence-corrected chi connectivity index (χ2v) is 6.70. The van der Waals surface area contributed by atoms with Gasteiger partial charge in [0.25, 0.3) is 5.91 Å². The van der Waals surface area contributed by atoms with Crippen molar-refractivity contribution in [1.29, 1.82) is 0 Å². The number of carbonyl (C=O) groups is 1. The first-order valence-electron chi connectivity index (χ1n) is 8.44. The van der Waals surface area contributed by atoms with Crippen molar-refractivity contribution in [2.45, 2.75) is 71.4 Å². The highest BCUT2D eigenvalue weighted by Crippen LogP contribution is 2.53. The minimum absolute atomic E-state index is 0.0545. The summed E-state index contributed by atoms with van der Waals surface area (Å²) in [5.74, 6) is 0.537. The third-order valence-electron chi connectivity index (χ3n) is 5.50. The molecular weight excluding hydrogens is 280 g/mol. The van der Waals surface area contributed by atoms with Crippen molar-refractivity contribution >= 4 is 5.91 Å². The lowest BCUT2D eigenvalue weighted by Crippen LogP contribution is -2.65. The molecule has 3 rings (SSSR count). The lowest BCUT2D eigenvalue weighted by atomic mass is 9.55. The van der Waals surface area contributed by atoms with Gasteiger partial charge in [-0.25, -0.2) is 0 Å². The van der Waals surface area contributed by atoms with Crippen LogP contribution in [0.2, 0.25) is 0 Å². The van der Waals surface area contributed by atoms with Crippen LogP contribution in [-0.4, -0.2) is 29.8 Å². The molecule has 1 amide bonds. The van der Waals surface area contributed by atoms with E-state index in [9.17, 15) is 4.79 Å². The van der Waals surface area contributed by atoms with Gasteiger partial charge in [-0.3, -0.25) is 4.79 Å². The molecule has 1 aromatic heterocycles. The van der Waals surface area contributed by atoms with Gasteiger partial charge in [-0.1, -0.05) is 24.4 Å². The smallest absolute Gasteiger partial charge is 0.257 e. The first-order valence-corrected chi connectivity index (χ1v) is 8.44. The van der Waals surface area contributed by atoms with Gasteiger partial charge >= 0.3 is 0 Å². The van der Waals surface area contributed by atoms with Crippen LogP contribution >= 0.6 is 0 Å². The maximum atomic E-state index is 12.6. The van der Waals surface area contributed by atoms with Gasteiger partial charge in [-0.05, 0) is 40.0 Å². The van der Waals surface area contributed by atoms with E-state index in [0.717, 1.165) is 25.9 Å². The van der Waals surface area contributed by atoms with Crippen LogP contribution in [0, 0.1) is 19.3 Å². The number of nitrogens with one attached hydrogen (secondary N) is 1. The van der Waals surface area contributed by atoms with E-state index in [2.05, 4.69) is 10.5 Å². The van der Waals surface area contributed by atoms with Gasteiger partial charge in [-0.15, -0.1) is 0 Å². The van der Waals surface area contributed by atoms with Crippen molar-refractivity contribution in [3.05, 3.63) is 17.0 Å². The average molecular weight is 306 g/mol. The second-order valence-electron chi connectivity index (χ2n) is 6.70. The normalized spacial score (nSPS) is 26.7. The Hall–Kier alpha value is -1.36. The average Bonchev–Trinajstić information content (AvgIpc) is 2.86. The molecule has 0 aromatic carbocycles. The fraction of sp³-hybridized carbons (Fsp3) is 0.765. The minimum Gasteiger partial charge on any atom is -0.378 e. The summed E-state index contributed by atoms with van der Waals surface area (Å²) < 4.78 is 11.0. The van der Waals surface area contributed by atoms with Crippen molar-refractivity contribution in [2.75, 3.05) is 6.61 Å². The van der Waals surface area contributed by atoms with Crippen molar-refractivity contribution in [3.8, 4) is 0 Å². The van der Waals surface area contributed by atoms with Crippen LogP contribution in [0.15, 0.2) is 4.52 Å². The molecule has 2 saturated carbocycles. The predicted octanol–water partition coefficient (Wildman–Crippen LogP) is 3.15. The molecule has 0 radical (unpaired) electrons. The molecular formula is C17H26N2O3. The molecule has 5 nitrogen and oxygen atoms in total. The first kappa shape index (κ1) is 15.5. The van der Waals surface area contributed by atoms with E-state index in [1.807, 2.05) is 13.8 Å². The summed E-state index contributed by atoms with van der Waals surface area (Å²) in [5.41, 5.74) is 1.39. The van der Waals surface area contributed by atoms with Crippen LogP contribution in [0.4, 0.5) is 0 Å². The zero-order chi connectivity index (χ0) is 15.7. The van der Waals surface area contributed by atoms with Gasteiger partial charge in [0.2, 0.25) is 0 Å². The number of ether oxygens (including phenoxy) is 1. The molecule has 2 fully saturated rings. The Morgan fingerprint density at radius 3 is 2.68 bits per heavy atom. The molecule has 0 aliphatic heterocycles. The molecule has 22 heavy (non-hydrogen) atoms. The van der Waals surface area contributed by atoms with E-state index in [-0.39, 0.29) is 17.4 Å². The Morgan fingerprint density at radius 1 is 1.36 bits per heavy atom. The Bertz CT molecular complexity index is 527. The quantitative estimate of drug-likeness (QED) is 0.928. The summed E-state index contributed by atoms with van der Waals surface area (Å²) in [4.78, 5) is 12.6. The van der Waals surface area contributed by atoms with Crippen molar-refractivity contribution in [3.63, 3.8) is 0 Å². The van der Waals surface area contributed by atoms with E-state index < -0.39 is 0 Å². The third-order valence-corrected chi connectivity index (χ3v) is 5.50. The van der Waals surface area contributed by atoms with Crippen LogP contribution in [0.5, 0.6) is 0 Å². The van der Waals surface area contributed by atoms with Gasteiger partial charge < -0.3 is 14.6 Å². The summed E-state index contributed by atoms with van der Waals surface area (Å²) in [5, 5.41) is 7.11. The number of aryl methyl sites for hydroxylation is 2.